The maximum absolute atomic E-state index is 12.6. The molecule has 0 unspecified atom stereocenters. The smallest absolute Gasteiger partial charge is 0.242 e. The first-order valence-electron chi connectivity index (χ1n) is 8.28. The summed E-state index contributed by atoms with van der Waals surface area (Å²) in [6.45, 7) is 5.32. The molecule has 1 saturated heterocycles. The van der Waals surface area contributed by atoms with Crippen molar-refractivity contribution >= 4 is 17.6 Å². The summed E-state index contributed by atoms with van der Waals surface area (Å²) in [5, 5.41) is 6.64. The first kappa shape index (κ1) is 17.5. The van der Waals surface area contributed by atoms with Crippen LogP contribution in [0.3, 0.4) is 0 Å². The van der Waals surface area contributed by atoms with E-state index in [2.05, 4.69) is 22.3 Å². The Labute approximate surface area is 136 Å². The van der Waals surface area contributed by atoms with E-state index in [0.29, 0.717) is 37.5 Å². The van der Waals surface area contributed by atoms with Crippen molar-refractivity contribution in [1.82, 2.24) is 10.1 Å². The first-order chi connectivity index (χ1) is 11.0. The summed E-state index contributed by atoms with van der Waals surface area (Å²) < 4.78 is 4.98. The van der Waals surface area contributed by atoms with Crippen molar-refractivity contribution in [2.45, 2.75) is 52.0 Å². The third-order valence-electron chi connectivity index (χ3n) is 4.39. The predicted octanol–water partition coefficient (Wildman–Crippen LogP) is 1.68. The molecular formula is C16H26N4O3. The number of anilines is 1. The maximum Gasteiger partial charge on any atom is 0.242 e. The molecule has 1 fully saturated rings. The maximum atomic E-state index is 12.6. The molecule has 0 spiro atoms. The molecule has 23 heavy (non-hydrogen) atoms. The van der Waals surface area contributed by atoms with E-state index in [4.69, 9.17) is 10.3 Å². The number of carbonyl (C=O) groups is 2. The second-order valence-electron chi connectivity index (χ2n) is 6.18. The van der Waals surface area contributed by atoms with Crippen LogP contribution in [0.25, 0.3) is 0 Å². The van der Waals surface area contributed by atoms with Gasteiger partial charge in [-0.15, -0.1) is 0 Å². The average Bonchev–Trinajstić information content (AvgIpc) is 2.93. The van der Waals surface area contributed by atoms with E-state index in [0.717, 1.165) is 19.3 Å². The number of aromatic nitrogens is 1. The minimum atomic E-state index is -0.239. The van der Waals surface area contributed by atoms with Crippen LogP contribution in [0.15, 0.2) is 10.6 Å². The average molecular weight is 322 g/mol. The van der Waals surface area contributed by atoms with Gasteiger partial charge in [0, 0.05) is 12.0 Å². The van der Waals surface area contributed by atoms with E-state index in [9.17, 15) is 9.59 Å². The third kappa shape index (κ3) is 4.79. The van der Waals surface area contributed by atoms with Crippen LogP contribution in [0.5, 0.6) is 0 Å². The lowest BCUT2D eigenvalue weighted by Crippen LogP contribution is -2.49. The molecule has 7 nitrogen and oxygen atoms in total. The number of amides is 2. The number of hydrogen-bond acceptors (Lipinski definition) is 5. The zero-order valence-corrected chi connectivity index (χ0v) is 13.9. The summed E-state index contributed by atoms with van der Waals surface area (Å²) >= 11 is 0. The van der Waals surface area contributed by atoms with Crippen LogP contribution in [0.2, 0.25) is 0 Å². The van der Waals surface area contributed by atoms with Gasteiger partial charge in [0.1, 0.15) is 5.76 Å². The Morgan fingerprint density at radius 2 is 2.17 bits per heavy atom. The quantitative estimate of drug-likeness (QED) is 0.795. The van der Waals surface area contributed by atoms with Crippen LogP contribution < -0.4 is 11.1 Å². The number of hydrogen-bond donors (Lipinski definition) is 2. The lowest BCUT2D eigenvalue weighted by molar-refractivity contribution is -0.125. The molecule has 2 heterocycles. The fourth-order valence-corrected chi connectivity index (χ4v) is 3.01. The van der Waals surface area contributed by atoms with Crippen molar-refractivity contribution in [3.05, 3.63) is 11.8 Å². The van der Waals surface area contributed by atoms with Gasteiger partial charge in [0.15, 0.2) is 5.82 Å². The monoisotopic (exact) mass is 322 g/mol. The minimum absolute atomic E-state index is 0.0655. The van der Waals surface area contributed by atoms with Gasteiger partial charge in [-0.2, -0.15) is 0 Å². The molecule has 1 atom stereocenters. The van der Waals surface area contributed by atoms with Gasteiger partial charge in [-0.25, -0.2) is 0 Å². The van der Waals surface area contributed by atoms with E-state index in [1.807, 2.05) is 0 Å². The Morgan fingerprint density at radius 1 is 1.48 bits per heavy atom. The number of nitrogens with two attached hydrogens (primary N) is 1. The molecule has 2 amide bonds. The molecule has 0 saturated carbocycles. The summed E-state index contributed by atoms with van der Waals surface area (Å²) in [6.07, 6.45) is 4.24. The van der Waals surface area contributed by atoms with Crippen molar-refractivity contribution in [1.29, 1.82) is 0 Å². The van der Waals surface area contributed by atoms with Crippen LogP contribution in [-0.2, 0) is 9.59 Å². The molecule has 2 rings (SSSR count). The number of primary amides is 1. The highest BCUT2D eigenvalue weighted by atomic mass is 16.5. The van der Waals surface area contributed by atoms with Gasteiger partial charge < -0.3 is 15.6 Å². The number of unbranched alkanes of at least 4 members (excludes halogenated alkanes) is 1. The van der Waals surface area contributed by atoms with E-state index in [-0.39, 0.29) is 23.8 Å². The number of nitrogens with zero attached hydrogens (tertiary/aromatic N) is 2. The number of aryl methyl sites for hydroxylation is 1. The Bertz CT molecular complexity index is 535. The van der Waals surface area contributed by atoms with Gasteiger partial charge in [-0.3, -0.25) is 14.5 Å². The minimum Gasteiger partial charge on any atom is -0.369 e. The fourth-order valence-electron chi connectivity index (χ4n) is 3.01. The van der Waals surface area contributed by atoms with Gasteiger partial charge in [0.25, 0.3) is 0 Å². The summed E-state index contributed by atoms with van der Waals surface area (Å²) in [4.78, 5) is 26.1. The Morgan fingerprint density at radius 3 is 2.70 bits per heavy atom. The zero-order chi connectivity index (χ0) is 16.8. The first-order valence-corrected chi connectivity index (χ1v) is 8.28. The van der Waals surface area contributed by atoms with Crippen LogP contribution >= 0.6 is 0 Å². The highest BCUT2D eigenvalue weighted by Crippen LogP contribution is 2.22. The molecule has 1 aliphatic heterocycles. The number of carbonyl (C=O) groups excluding carboxylic acids is 2. The van der Waals surface area contributed by atoms with Gasteiger partial charge >= 0.3 is 0 Å². The molecule has 1 aliphatic rings. The third-order valence-corrected chi connectivity index (χ3v) is 4.39. The molecule has 7 heteroatoms. The van der Waals surface area contributed by atoms with Crippen LogP contribution in [0.1, 0.15) is 44.8 Å². The molecule has 0 radical (unpaired) electrons. The van der Waals surface area contributed by atoms with Crippen molar-refractivity contribution < 1.29 is 14.1 Å². The zero-order valence-electron chi connectivity index (χ0n) is 13.9. The standard InChI is InChI=1S/C16H26N4O3/c1-3-4-5-13(16(22)18-14-10-11(2)23-19-14)20-8-6-12(7-9-20)15(17)21/h10,12-13H,3-9H2,1-2H3,(H2,17,21)(H,18,19,22)/t13-/m0/s1. The summed E-state index contributed by atoms with van der Waals surface area (Å²) in [7, 11) is 0. The van der Waals surface area contributed by atoms with E-state index in [1.54, 1.807) is 13.0 Å². The fraction of sp³-hybridized carbons (Fsp3) is 0.688. The van der Waals surface area contributed by atoms with Gasteiger partial charge in [0.05, 0.1) is 6.04 Å². The summed E-state index contributed by atoms with van der Waals surface area (Å²) in [6, 6.07) is 1.49. The van der Waals surface area contributed by atoms with Crippen LogP contribution in [-0.4, -0.2) is 41.0 Å². The largest absolute Gasteiger partial charge is 0.369 e. The molecule has 1 aromatic heterocycles. The molecule has 0 bridgehead atoms. The normalized spacial score (nSPS) is 17.8. The van der Waals surface area contributed by atoms with Gasteiger partial charge in [-0.1, -0.05) is 24.9 Å². The molecule has 3 N–H and O–H groups in total. The van der Waals surface area contributed by atoms with Gasteiger partial charge in [-0.05, 0) is 39.3 Å². The molecule has 128 valence electrons. The molecule has 0 aliphatic carbocycles. The van der Waals surface area contributed by atoms with E-state index >= 15 is 0 Å². The Balaban J connectivity index is 1.98. The van der Waals surface area contributed by atoms with Crippen molar-refractivity contribution in [2.75, 3.05) is 18.4 Å². The van der Waals surface area contributed by atoms with E-state index < -0.39 is 0 Å². The van der Waals surface area contributed by atoms with Crippen LogP contribution in [0, 0.1) is 12.8 Å². The highest BCUT2D eigenvalue weighted by molar-refractivity contribution is 5.94. The number of likely N-dealkylation sites (tertiary alicyclic amines) is 1. The van der Waals surface area contributed by atoms with Gasteiger partial charge in [0.2, 0.25) is 11.8 Å². The SMILES string of the molecule is CCCC[C@@H](C(=O)Nc1cc(C)on1)N1CCC(C(N)=O)CC1. The lowest BCUT2D eigenvalue weighted by atomic mass is 9.94. The predicted molar refractivity (Wildman–Crippen MR) is 86.7 cm³/mol. The lowest BCUT2D eigenvalue weighted by Gasteiger charge is -2.35. The van der Waals surface area contributed by atoms with Crippen molar-refractivity contribution in [3.63, 3.8) is 0 Å². The van der Waals surface area contributed by atoms with Crippen molar-refractivity contribution in [2.24, 2.45) is 11.7 Å². The van der Waals surface area contributed by atoms with E-state index in [1.165, 1.54) is 0 Å². The number of nitrogens with one attached hydrogen (secondary N) is 1. The molecular weight excluding hydrogens is 296 g/mol. The number of rotatable bonds is 7. The molecule has 1 aromatic rings. The summed E-state index contributed by atoms with van der Waals surface area (Å²) in [5.41, 5.74) is 5.38. The second-order valence-corrected chi connectivity index (χ2v) is 6.18. The Kier molecular flexibility index (Phi) is 6.15. The Hall–Kier alpha value is -1.89. The van der Waals surface area contributed by atoms with Crippen LogP contribution in [0.4, 0.5) is 5.82 Å². The number of piperidine rings is 1. The molecule has 0 aromatic carbocycles. The van der Waals surface area contributed by atoms with Crippen molar-refractivity contribution in [3.8, 4) is 0 Å². The second kappa shape index (κ2) is 8.10. The topological polar surface area (TPSA) is 101 Å². The summed E-state index contributed by atoms with van der Waals surface area (Å²) in [5.74, 6) is 0.731. The highest BCUT2D eigenvalue weighted by Gasteiger charge is 2.31.